The summed E-state index contributed by atoms with van der Waals surface area (Å²) in [5.41, 5.74) is 1.30. The molecule has 0 spiro atoms. The summed E-state index contributed by atoms with van der Waals surface area (Å²) >= 11 is 0. The molecule has 9 heteroatoms. The minimum Gasteiger partial charge on any atom is -0.497 e. The molecule has 0 radical (unpaired) electrons. The van der Waals surface area contributed by atoms with Gasteiger partial charge in [0.05, 0.1) is 19.1 Å². The summed E-state index contributed by atoms with van der Waals surface area (Å²) in [5.74, 6) is 0.778. The lowest BCUT2D eigenvalue weighted by Crippen LogP contribution is -2.53. The summed E-state index contributed by atoms with van der Waals surface area (Å²) in [7, 11) is 1.66. The highest BCUT2D eigenvalue weighted by Gasteiger charge is 2.26. The quantitative estimate of drug-likeness (QED) is 0.545. The van der Waals surface area contributed by atoms with Gasteiger partial charge in [0.15, 0.2) is 0 Å². The minimum atomic E-state index is -0.627. The van der Waals surface area contributed by atoms with Crippen LogP contribution in [0.5, 0.6) is 5.75 Å². The first-order valence-corrected chi connectivity index (χ1v) is 11.2. The van der Waals surface area contributed by atoms with E-state index in [1.807, 2.05) is 19.1 Å². The average Bonchev–Trinajstić information content (AvgIpc) is 2.85. The largest absolute Gasteiger partial charge is 0.497 e. The maximum Gasteiger partial charge on any atom is 0.343 e. The van der Waals surface area contributed by atoms with Crippen LogP contribution in [0.3, 0.4) is 0 Å². The van der Waals surface area contributed by atoms with Crippen molar-refractivity contribution in [1.82, 2.24) is 19.9 Å². The third kappa shape index (κ3) is 4.68. The Bertz CT molecular complexity index is 1190. The smallest absolute Gasteiger partial charge is 0.343 e. The van der Waals surface area contributed by atoms with Gasteiger partial charge in [0.2, 0.25) is 11.4 Å². The van der Waals surface area contributed by atoms with Gasteiger partial charge in [0, 0.05) is 44.6 Å². The van der Waals surface area contributed by atoms with Crippen molar-refractivity contribution < 1.29 is 14.3 Å². The summed E-state index contributed by atoms with van der Waals surface area (Å²) in [6, 6.07) is 8.22. The molecule has 0 saturated carbocycles. The Morgan fingerprint density at radius 2 is 2.03 bits per heavy atom. The van der Waals surface area contributed by atoms with Crippen LogP contribution in [0.1, 0.15) is 29.8 Å². The van der Waals surface area contributed by atoms with E-state index in [4.69, 9.17) is 14.5 Å². The summed E-state index contributed by atoms with van der Waals surface area (Å²) in [6.45, 7) is 6.79. The van der Waals surface area contributed by atoms with Crippen molar-refractivity contribution in [2.75, 3.05) is 38.3 Å². The summed E-state index contributed by atoms with van der Waals surface area (Å²) < 4.78 is 12.1. The van der Waals surface area contributed by atoms with Crippen LogP contribution in [-0.2, 0) is 17.7 Å². The van der Waals surface area contributed by atoms with Crippen molar-refractivity contribution in [3.63, 3.8) is 0 Å². The molecule has 1 aliphatic rings. The van der Waals surface area contributed by atoms with Gasteiger partial charge in [-0.25, -0.2) is 9.78 Å². The van der Waals surface area contributed by atoms with Gasteiger partial charge in [-0.05, 0) is 38.0 Å². The van der Waals surface area contributed by atoms with Gasteiger partial charge >= 0.3 is 5.97 Å². The number of fused-ring (bicyclic) bond motifs is 1. The van der Waals surface area contributed by atoms with Gasteiger partial charge in [0.25, 0.3) is 0 Å². The zero-order chi connectivity index (χ0) is 23.4. The number of pyridine rings is 1. The summed E-state index contributed by atoms with van der Waals surface area (Å²) in [4.78, 5) is 36.7. The van der Waals surface area contributed by atoms with E-state index in [0.717, 1.165) is 31.8 Å². The molecule has 1 aromatic carbocycles. The van der Waals surface area contributed by atoms with Crippen molar-refractivity contribution in [2.24, 2.45) is 0 Å². The predicted molar refractivity (Wildman–Crippen MR) is 126 cm³/mol. The Kier molecular flexibility index (Phi) is 6.88. The topological polar surface area (TPSA) is 98.6 Å². The number of aromatic nitrogens is 3. The lowest BCUT2D eigenvalue weighted by atomic mass is 10.0. The molecule has 0 bridgehead atoms. The molecule has 33 heavy (non-hydrogen) atoms. The highest BCUT2D eigenvalue weighted by molar-refractivity contribution is 5.93. The SMILES string of the molecule is CCOC(=O)c1cn(CC)c2nc(N3CCNCC3Cc3ccc(OC)cc3)ncc2c1=O. The van der Waals surface area contributed by atoms with Gasteiger partial charge in [0.1, 0.15) is 17.0 Å². The van der Waals surface area contributed by atoms with E-state index in [1.165, 1.54) is 18.0 Å². The van der Waals surface area contributed by atoms with Crippen LogP contribution < -0.4 is 20.4 Å². The number of benzene rings is 1. The van der Waals surface area contributed by atoms with E-state index in [9.17, 15) is 9.59 Å². The highest BCUT2D eigenvalue weighted by Crippen LogP contribution is 2.21. The second kappa shape index (κ2) is 9.99. The standard InChI is InChI=1S/C24H29N5O4/c1-4-28-15-20(23(31)33-5-2)21(30)19-14-26-24(27-22(19)28)29-11-10-25-13-17(29)12-16-6-8-18(32-3)9-7-16/h6-9,14-15,17,25H,4-5,10-13H2,1-3H3. The molecule has 0 aliphatic carbocycles. The fraction of sp³-hybridized carbons (Fsp3) is 0.417. The zero-order valence-corrected chi connectivity index (χ0v) is 19.2. The second-order valence-electron chi connectivity index (χ2n) is 7.89. The molecule has 0 amide bonds. The summed E-state index contributed by atoms with van der Waals surface area (Å²) in [6.07, 6.45) is 3.88. The number of esters is 1. The number of nitrogens with zero attached hydrogens (tertiary/aromatic N) is 4. The molecule has 1 atom stereocenters. The van der Waals surface area contributed by atoms with Gasteiger partial charge in [-0.1, -0.05) is 12.1 Å². The minimum absolute atomic E-state index is 0.00195. The molecule has 1 aliphatic heterocycles. The van der Waals surface area contributed by atoms with Gasteiger partial charge < -0.3 is 24.3 Å². The third-order valence-electron chi connectivity index (χ3n) is 5.88. The number of carbonyl (C=O) groups is 1. The van der Waals surface area contributed by atoms with Crippen LogP contribution in [0.2, 0.25) is 0 Å². The maximum absolute atomic E-state index is 12.9. The number of aryl methyl sites for hydroxylation is 1. The number of rotatable bonds is 7. The van der Waals surface area contributed by atoms with Crippen LogP contribution >= 0.6 is 0 Å². The van der Waals surface area contributed by atoms with Crippen molar-refractivity contribution in [3.05, 3.63) is 58.0 Å². The molecule has 4 rings (SSSR count). The van der Waals surface area contributed by atoms with Crippen LogP contribution in [-0.4, -0.2) is 59.9 Å². The Morgan fingerprint density at radius 3 is 2.73 bits per heavy atom. The third-order valence-corrected chi connectivity index (χ3v) is 5.88. The number of ether oxygens (including phenoxy) is 2. The van der Waals surface area contributed by atoms with Crippen LogP contribution in [0.15, 0.2) is 41.5 Å². The Morgan fingerprint density at radius 1 is 1.24 bits per heavy atom. The molecular formula is C24H29N5O4. The van der Waals surface area contributed by atoms with Crippen molar-refractivity contribution >= 4 is 23.0 Å². The van der Waals surface area contributed by atoms with E-state index in [2.05, 4.69) is 27.3 Å². The van der Waals surface area contributed by atoms with Gasteiger partial charge in [-0.3, -0.25) is 4.79 Å². The molecule has 174 valence electrons. The first kappa shape index (κ1) is 22.7. The molecule has 3 heterocycles. The van der Waals surface area contributed by atoms with E-state index >= 15 is 0 Å². The van der Waals surface area contributed by atoms with E-state index in [1.54, 1.807) is 18.6 Å². The maximum atomic E-state index is 12.9. The lowest BCUT2D eigenvalue weighted by Gasteiger charge is -2.36. The average molecular weight is 452 g/mol. The highest BCUT2D eigenvalue weighted by atomic mass is 16.5. The van der Waals surface area contributed by atoms with E-state index in [0.29, 0.717) is 23.5 Å². The fourth-order valence-corrected chi connectivity index (χ4v) is 4.14. The molecular weight excluding hydrogens is 422 g/mol. The number of hydrogen-bond acceptors (Lipinski definition) is 8. The molecule has 1 N–H and O–H groups in total. The van der Waals surface area contributed by atoms with Crippen LogP contribution in [0.25, 0.3) is 11.0 Å². The molecule has 2 aromatic heterocycles. The molecule has 3 aromatic rings. The number of piperazine rings is 1. The first-order chi connectivity index (χ1) is 16.0. The Hall–Kier alpha value is -3.46. The van der Waals surface area contributed by atoms with Crippen molar-refractivity contribution in [2.45, 2.75) is 32.9 Å². The van der Waals surface area contributed by atoms with E-state index < -0.39 is 11.4 Å². The van der Waals surface area contributed by atoms with Crippen LogP contribution in [0.4, 0.5) is 5.95 Å². The van der Waals surface area contributed by atoms with Crippen molar-refractivity contribution in [3.8, 4) is 5.75 Å². The summed E-state index contributed by atoms with van der Waals surface area (Å²) in [5, 5.41) is 3.76. The van der Waals surface area contributed by atoms with Crippen molar-refractivity contribution in [1.29, 1.82) is 0 Å². The second-order valence-corrected chi connectivity index (χ2v) is 7.89. The lowest BCUT2D eigenvalue weighted by molar-refractivity contribution is 0.0524. The zero-order valence-electron chi connectivity index (χ0n) is 19.2. The van der Waals surface area contributed by atoms with Gasteiger partial charge in [-0.15, -0.1) is 0 Å². The Labute approximate surface area is 192 Å². The number of anilines is 1. The normalized spacial score (nSPS) is 16.1. The van der Waals surface area contributed by atoms with Crippen LogP contribution in [0, 0.1) is 0 Å². The predicted octanol–water partition coefficient (Wildman–Crippen LogP) is 2.02. The number of carbonyl (C=O) groups excluding carboxylic acids is 1. The fourth-order valence-electron chi connectivity index (χ4n) is 4.14. The Balaban J connectivity index is 1.69. The molecule has 1 unspecified atom stereocenters. The van der Waals surface area contributed by atoms with E-state index in [-0.39, 0.29) is 18.2 Å². The first-order valence-electron chi connectivity index (χ1n) is 11.2. The molecule has 1 saturated heterocycles. The number of hydrogen-bond donors (Lipinski definition) is 1. The number of nitrogens with one attached hydrogen (secondary N) is 1. The molecule has 1 fully saturated rings. The molecule has 9 nitrogen and oxygen atoms in total. The van der Waals surface area contributed by atoms with Gasteiger partial charge in [-0.2, -0.15) is 4.98 Å². The monoisotopic (exact) mass is 451 g/mol. The number of methoxy groups -OCH3 is 1.